The first-order valence-electron chi connectivity index (χ1n) is 13.5. The molecule has 4 rings (SSSR count). The molecule has 4 saturated carbocycles. The van der Waals surface area contributed by atoms with Crippen molar-refractivity contribution in [2.45, 2.75) is 111 Å². The highest BCUT2D eigenvalue weighted by atomic mass is 16.5. The first-order chi connectivity index (χ1) is 15.6. The summed E-state index contributed by atoms with van der Waals surface area (Å²) in [7, 11) is 1.48. The van der Waals surface area contributed by atoms with E-state index in [1.54, 1.807) is 0 Å². The third kappa shape index (κ3) is 4.48. The number of fused-ring (bicyclic) bond motifs is 5. The predicted molar refractivity (Wildman–Crippen MR) is 127 cm³/mol. The molecular formula is C28H46O5. The number of carbonyl (C=O) groups excluding carboxylic acids is 2. The van der Waals surface area contributed by atoms with Gasteiger partial charge in [-0.3, -0.25) is 9.59 Å². The zero-order valence-electron chi connectivity index (χ0n) is 21.5. The number of aliphatic hydroxyl groups excluding tert-OH is 1. The molecule has 0 radical (unpaired) electrons. The minimum Gasteiger partial charge on any atom is -0.469 e. The lowest BCUT2D eigenvalue weighted by Gasteiger charge is -2.57. The van der Waals surface area contributed by atoms with E-state index in [9.17, 15) is 14.7 Å². The molecule has 4 fully saturated rings. The Morgan fingerprint density at radius 1 is 0.970 bits per heavy atom. The van der Waals surface area contributed by atoms with Gasteiger partial charge in [-0.15, -0.1) is 0 Å². The van der Waals surface area contributed by atoms with Crippen LogP contribution >= 0.6 is 0 Å². The molecule has 0 bridgehead atoms. The van der Waals surface area contributed by atoms with E-state index in [-0.39, 0.29) is 35.5 Å². The van der Waals surface area contributed by atoms with Crippen LogP contribution < -0.4 is 0 Å². The summed E-state index contributed by atoms with van der Waals surface area (Å²) in [6.07, 6.45) is 11.0. The molecule has 0 heterocycles. The molecule has 5 nitrogen and oxygen atoms in total. The zero-order chi connectivity index (χ0) is 24.0. The number of hydrogen-bond donors (Lipinski definition) is 1. The van der Waals surface area contributed by atoms with E-state index >= 15 is 0 Å². The molecule has 33 heavy (non-hydrogen) atoms. The van der Waals surface area contributed by atoms with E-state index < -0.39 is 0 Å². The molecule has 4 aliphatic carbocycles. The van der Waals surface area contributed by atoms with Crippen molar-refractivity contribution in [3.63, 3.8) is 0 Å². The van der Waals surface area contributed by atoms with Gasteiger partial charge < -0.3 is 14.6 Å². The van der Waals surface area contributed by atoms with Gasteiger partial charge in [0.15, 0.2) is 0 Å². The number of ether oxygens (including phenoxy) is 2. The first-order valence-corrected chi connectivity index (χ1v) is 13.5. The third-order valence-corrected chi connectivity index (χ3v) is 11.0. The van der Waals surface area contributed by atoms with Gasteiger partial charge in [-0.2, -0.15) is 0 Å². The second kappa shape index (κ2) is 9.51. The van der Waals surface area contributed by atoms with Gasteiger partial charge in [0.05, 0.1) is 13.2 Å². The smallest absolute Gasteiger partial charge is 0.305 e. The molecule has 188 valence electrons. The Hall–Kier alpha value is -1.10. The quantitative estimate of drug-likeness (QED) is 0.544. The Morgan fingerprint density at radius 3 is 2.36 bits per heavy atom. The summed E-state index contributed by atoms with van der Waals surface area (Å²) in [6, 6.07) is 0. The Morgan fingerprint density at radius 2 is 1.67 bits per heavy atom. The molecule has 0 aliphatic heterocycles. The average Bonchev–Trinajstić information content (AvgIpc) is 3.08. The molecular weight excluding hydrogens is 416 g/mol. The van der Waals surface area contributed by atoms with E-state index in [1.807, 2.05) is 0 Å². The van der Waals surface area contributed by atoms with Crippen LogP contribution in [0.4, 0.5) is 0 Å². The van der Waals surface area contributed by atoms with Gasteiger partial charge >= 0.3 is 11.9 Å². The van der Waals surface area contributed by atoms with Crippen molar-refractivity contribution < 1.29 is 24.2 Å². The number of methoxy groups -OCH3 is 1. The second-order valence-corrected chi connectivity index (χ2v) is 12.5. The van der Waals surface area contributed by atoms with Gasteiger partial charge in [-0.1, -0.05) is 20.8 Å². The minimum atomic E-state index is -0.290. The van der Waals surface area contributed by atoms with Crippen molar-refractivity contribution in [3.8, 4) is 0 Å². The van der Waals surface area contributed by atoms with Crippen molar-refractivity contribution in [2.75, 3.05) is 7.11 Å². The normalized spacial score (nSPS) is 45.7. The number of rotatable bonds is 5. The van der Waals surface area contributed by atoms with Crippen molar-refractivity contribution in [1.82, 2.24) is 0 Å². The molecule has 0 aromatic heterocycles. The van der Waals surface area contributed by atoms with Gasteiger partial charge in [0.2, 0.25) is 0 Å². The van der Waals surface area contributed by atoms with E-state index in [0.29, 0.717) is 35.5 Å². The lowest BCUT2D eigenvalue weighted by Crippen LogP contribution is -2.51. The lowest BCUT2D eigenvalue weighted by molar-refractivity contribution is -0.157. The number of aliphatic hydroxyl groups is 1. The molecule has 0 spiro atoms. The Kier molecular flexibility index (Phi) is 7.21. The van der Waals surface area contributed by atoms with Crippen LogP contribution in [0.2, 0.25) is 0 Å². The molecule has 5 heteroatoms. The highest BCUT2D eigenvalue weighted by molar-refractivity contribution is 5.69. The maximum atomic E-state index is 11.7. The standard InChI is InChI=1S/C28H46O5/c1-17(6-11-26(31)32-5)21-8-9-22-20-7-10-25(30)24-16-19(33-18(2)29)12-14-28(24,4)23(20)13-15-27(21,22)3/h17,19-25,30H,6-16H2,1-5H3/t17-,19+,20-,21-,22+,23+,24?,25-,27-,28-/m1/s1. The molecule has 0 aromatic rings. The highest BCUT2D eigenvalue weighted by Crippen LogP contribution is 2.67. The van der Waals surface area contributed by atoms with Crippen LogP contribution in [0.5, 0.6) is 0 Å². The number of esters is 2. The van der Waals surface area contributed by atoms with Gasteiger partial charge in [0.1, 0.15) is 6.10 Å². The van der Waals surface area contributed by atoms with Gasteiger partial charge in [0.25, 0.3) is 0 Å². The van der Waals surface area contributed by atoms with E-state index in [4.69, 9.17) is 9.47 Å². The fourth-order valence-corrected chi connectivity index (χ4v) is 9.42. The van der Waals surface area contributed by atoms with Crippen molar-refractivity contribution >= 4 is 11.9 Å². The molecule has 1 unspecified atom stereocenters. The van der Waals surface area contributed by atoms with Gasteiger partial charge in [0, 0.05) is 13.3 Å². The Bertz CT molecular complexity index is 736. The maximum Gasteiger partial charge on any atom is 0.305 e. The zero-order valence-corrected chi connectivity index (χ0v) is 21.5. The van der Waals surface area contributed by atoms with Crippen LogP contribution in [0, 0.1) is 46.3 Å². The molecule has 0 saturated heterocycles. The summed E-state index contributed by atoms with van der Waals surface area (Å²) in [5.74, 6) is 3.19. The predicted octanol–water partition coefficient (Wildman–Crippen LogP) is 5.53. The summed E-state index contributed by atoms with van der Waals surface area (Å²) < 4.78 is 10.5. The van der Waals surface area contributed by atoms with Gasteiger partial charge in [-0.05, 0) is 111 Å². The Labute approximate surface area is 200 Å². The van der Waals surface area contributed by atoms with E-state index in [1.165, 1.54) is 39.7 Å². The topological polar surface area (TPSA) is 72.8 Å². The monoisotopic (exact) mass is 462 g/mol. The molecule has 0 aromatic carbocycles. The average molecular weight is 463 g/mol. The van der Waals surface area contributed by atoms with Crippen molar-refractivity contribution in [1.29, 1.82) is 0 Å². The summed E-state index contributed by atoms with van der Waals surface area (Å²) in [5.41, 5.74) is 0.472. The highest BCUT2D eigenvalue weighted by Gasteiger charge is 2.60. The van der Waals surface area contributed by atoms with E-state index in [0.717, 1.165) is 44.4 Å². The third-order valence-electron chi connectivity index (χ3n) is 11.0. The van der Waals surface area contributed by atoms with Crippen LogP contribution in [0.3, 0.4) is 0 Å². The lowest BCUT2D eigenvalue weighted by atomic mass is 9.48. The summed E-state index contributed by atoms with van der Waals surface area (Å²) in [6.45, 7) is 8.83. The van der Waals surface area contributed by atoms with Crippen LogP contribution in [-0.4, -0.2) is 36.4 Å². The van der Waals surface area contributed by atoms with Crippen molar-refractivity contribution in [2.24, 2.45) is 46.3 Å². The van der Waals surface area contributed by atoms with Crippen LogP contribution in [0.1, 0.15) is 98.3 Å². The van der Waals surface area contributed by atoms with Crippen molar-refractivity contribution in [3.05, 3.63) is 0 Å². The molecule has 4 aliphatic rings. The van der Waals surface area contributed by atoms with Crippen LogP contribution in [0.25, 0.3) is 0 Å². The minimum absolute atomic E-state index is 0.0350. The SMILES string of the molecule is COC(=O)CC[C@@H](C)[C@H]1CC[C@H]2[C@H]3CC[C@@H](O)C4C[C@@H](OC(C)=O)CC[C@]4(C)[C@H]3CC[C@]12C. The maximum absolute atomic E-state index is 11.7. The summed E-state index contributed by atoms with van der Waals surface area (Å²) in [4.78, 5) is 23.3. The van der Waals surface area contributed by atoms with E-state index in [2.05, 4.69) is 20.8 Å². The van der Waals surface area contributed by atoms with Crippen LogP contribution in [-0.2, 0) is 19.1 Å². The van der Waals surface area contributed by atoms with Crippen LogP contribution in [0.15, 0.2) is 0 Å². The number of hydrogen-bond acceptors (Lipinski definition) is 5. The fraction of sp³-hybridized carbons (Fsp3) is 0.929. The molecule has 0 amide bonds. The second-order valence-electron chi connectivity index (χ2n) is 12.5. The van der Waals surface area contributed by atoms with Gasteiger partial charge in [-0.25, -0.2) is 0 Å². The Balaban J connectivity index is 1.52. The first kappa shape index (κ1) is 25.0. The largest absolute Gasteiger partial charge is 0.469 e. The molecule has 1 N–H and O–H groups in total. The fourth-order valence-electron chi connectivity index (χ4n) is 9.42. The summed E-state index contributed by atoms with van der Waals surface area (Å²) >= 11 is 0. The number of carbonyl (C=O) groups is 2. The molecule has 10 atom stereocenters. The summed E-state index contributed by atoms with van der Waals surface area (Å²) in [5, 5.41) is 11.3.